The highest BCUT2D eigenvalue weighted by atomic mass is 32.2. The molecule has 1 heterocycles. The smallest absolute Gasteiger partial charge is 0.322 e. The van der Waals surface area contributed by atoms with Gasteiger partial charge in [0.2, 0.25) is 10.0 Å². The molecule has 0 amide bonds. The zero-order valence-electron chi connectivity index (χ0n) is 11.9. The molecular weight excluding hydrogens is 310 g/mol. The van der Waals surface area contributed by atoms with E-state index >= 15 is 0 Å². The number of thioether (sulfide) groups is 1. The maximum atomic E-state index is 12.6. The molecule has 0 aromatic heterocycles. The maximum Gasteiger partial charge on any atom is 0.322 e. The molecule has 2 rings (SSSR count). The Kier molecular flexibility index (Phi) is 5.29. The summed E-state index contributed by atoms with van der Waals surface area (Å²) in [6, 6.07) is 5.75. The van der Waals surface area contributed by atoms with E-state index in [2.05, 4.69) is 6.92 Å². The van der Waals surface area contributed by atoms with Crippen LogP contribution >= 0.6 is 11.8 Å². The molecule has 1 saturated heterocycles. The molecule has 1 atom stereocenters. The van der Waals surface area contributed by atoms with E-state index in [9.17, 15) is 18.3 Å². The van der Waals surface area contributed by atoms with E-state index in [4.69, 9.17) is 0 Å². The van der Waals surface area contributed by atoms with Gasteiger partial charge in [-0.15, -0.1) is 0 Å². The van der Waals surface area contributed by atoms with Crippen LogP contribution in [-0.2, 0) is 21.2 Å². The molecule has 0 spiro atoms. The van der Waals surface area contributed by atoms with Crippen molar-refractivity contribution >= 4 is 27.8 Å². The number of carbonyl (C=O) groups is 1. The van der Waals surface area contributed by atoms with Gasteiger partial charge in [-0.25, -0.2) is 8.42 Å². The molecular formula is C14H19NO4S2. The molecule has 0 radical (unpaired) electrons. The Hall–Kier alpha value is -1.05. The number of aliphatic carboxylic acids is 1. The number of hydrogen-bond acceptors (Lipinski definition) is 4. The largest absolute Gasteiger partial charge is 0.480 e. The van der Waals surface area contributed by atoms with Crippen LogP contribution in [0.4, 0.5) is 0 Å². The van der Waals surface area contributed by atoms with Crippen LogP contribution in [0.1, 0.15) is 18.9 Å². The van der Waals surface area contributed by atoms with Gasteiger partial charge in [-0.3, -0.25) is 4.79 Å². The minimum Gasteiger partial charge on any atom is -0.480 e. The van der Waals surface area contributed by atoms with Gasteiger partial charge >= 0.3 is 5.97 Å². The molecule has 7 heteroatoms. The normalized spacial score (nSPS) is 20.3. The topological polar surface area (TPSA) is 74.7 Å². The Labute approximate surface area is 129 Å². The number of hydrogen-bond donors (Lipinski definition) is 1. The molecule has 1 N–H and O–H groups in total. The number of sulfonamides is 1. The lowest BCUT2D eigenvalue weighted by molar-refractivity contribution is -0.140. The quantitative estimate of drug-likeness (QED) is 0.892. The Bertz CT molecular complexity index is 598. The molecule has 1 aromatic carbocycles. The molecule has 1 unspecified atom stereocenters. The highest BCUT2D eigenvalue weighted by molar-refractivity contribution is 7.99. The molecule has 1 aliphatic heterocycles. The first-order valence-electron chi connectivity index (χ1n) is 6.88. The van der Waals surface area contributed by atoms with E-state index in [0.29, 0.717) is 11.5 Å². The summed E-state index contributed by atoms with van der Waals surface area (Å²) in [6.45, 7) is 2.30. The van der Waals surface area contributed by atoms with Gasteiger partial charge in [0, 0.05) is 18.1 Å². The Morgan fingerprint density at radius 2 is 2.05 bits per heavy atom. The average molecular weight is 329 g/mol. The monoisotopic (exact) mass is 329 g/mol. The number of carboxylic acid groups (broad SMARTS) is 1. The fourth-order valence-electron chi connectivity index (χ4n) is 2.32. The van der Waals surface area contributed by atoms with Crippen LogP contribution in [0.25, 0.3) is 0 Å². The number of aryl methyl sites for hydroxylation is 1. The Balaban J connectivity index is 2.29. The molecule has 0 aliphatic carbocycles. The van der Waals surface area contributed by atoms with Crippen LogP contribution in [0, 0.1) is 0 Å². The van der Waals surface area contributed by atoms with Crippen molar-refractivity contribution < 1.29 is 18.3 Å². The van der Waals surface area contributed by atoms with E-state index in [0.717, 1.165) is 22.7 Å². The lowest BCUT2D eigenvalue weighted by Gasteiger charge is -2.31. The minimum absolute atomic E-state index is 0.167. The maximum absolute atomic E-state index is 12.6. The summed E-state index contributed by atoms with van der Waals surface area (Å²) >= 11 is 1.47. The second-order valence-corrected chi connectivity index (χ2v) is 7.98. The van der Waals surface area contributed by atoms with Crippen molar-refractivity contribution in [3.63, 3.8) is 0 Å². The van der Waals surface area contributed by atoms with Crippen molar-refractivity contribution in [1.29, 1.82) is 0 Å². The predicted octanol–water partition coefficient (Wildman–Crippen LogP) is 1.83. The highest BCUT2D eigenvalue weighted by Gasteiger charge is 2.37. The third-order valence-electron chi connectivity index (χ3n) is 3.43. The standard InChI is InChI=1S/C14H19NO4S2/c1-2-3-11-4-6-12(7-5-11)21(18,19)15-8-9-20-10-13(15)14(16)17/h4-7,13H,2-3,8-10H2,1H3,(H,16,17). The molecule has 1 aliphatic rings. The van der Waals surface area contributed by atoms with E-state index in [-0.39, 0.29) is 11.4 Å². The van der Waals surface area contributed by atoms with E-state index in [1.165, 1.54) is 11.8 Å². The summed E-state index contributed by atoms with van der Waals surface area (Å²) < 4.78 is 26.4. The van der Waals surface area contributed by atoms with Crippen LogP contribution in [0.2, 0.25) is 0 Å². The van der Waals surface area contributed by atoms with Crippen molar-refractivity contribution in [3.8, 4) is 0 Å². The van der Waals surface area contributed by atoms with Crippen molar-refractivity contribution in [2.45, 2.75) is 30.7 Å². The number of nitrogens with zero attached hydrogens (tertiary/aromatic N) is 1. The van der Waals surface area contributed by atoms with Crippen LogP contribution in [-0.4, -0.2) is 47.9 Å². The molecule has 0 bridgehead atoms. The van der Waals surface area contributed by atoms with Gasteiger partial charge in [0.1, 0.15) is 6.04 Å². The molecule has 0 saturated carbocycles. The van der Waals surface area contributed by atoms with Gasteiger partial charge in [0.05, 0.1) is 4.90 Å². The van der Waals surface area contributed by atoms with Crippen LogP contribution < -0.4 is 0 Å². The first-order valence-corrected chi connectivity index (χ1v) is 9.47. The van der Waals surface area contributed by atoms with Crippen molar-refractivity contribution in [1.82, 2.24) is 4.31 Å². The lowest BCUT2D eigenvalue weighted by atomic mass is 10.1. The SMILES string of the molecule is CCCc1ccc(S(=O)(=O)N2CCSCC2C(=O)O)cc1. The van der Waals surface area contributed by atoms with Gasteiger partial charge in [-0.2, -0.15) is 16.1 Å². The summed E-state index contributed by atoms with van der Waals surface area (Å²) in [4.78, 5) is 11.4. The summed E-state index contributed by atoms with van der Waals surface area (Å²) in [6.07, 6.45) is 1.90. The molecule has 21 heavy (non-hydrogen) atoms. The van der Waals surface area contributed by atoms with Gasteiger partial charge in [-0.1, -0.05) is 25.5 Å². The number of rotatable bonds is 5. The average Bonchev–Trinajstić information content (AvgIpc) is 2.48. The lowest BCUT2D eigenvalue weighted by Crippen LogP contribution is -2.50. The molecule has 5 nitrogen and oxygen atoms in total. The van der Waals surface area contributed by atoms with Crippen molar-refractivity contribution in [3.05, 3.63) is 29.8 Å². The summed E-state index contributed by atoms with van der Waals surface area (Å²) in [5.41, 5.74) is 1.08. The Morgan fingerprint density at radius 1 is 1.38 bits per heavy atom. The van der Waals surface area contributed by atoms with E-state index < -0.39 is 22.0 Å². The second-order valence-electron chi connectivity index (χ2n) is 4.94. The third kappa shape index (κ3) is 3.59. The predicted molar refractivity (Wildman–Crippen MR) is 83.1 cm³/mol. The van der Waals surface area contributed by atoms with Crippen LogP contribution in [0.15, 0.2) is 29.2 Å². The molecule has 116 valence electrons. The van der Waals surface area contributed by atoms with E-state index in [1.807, 2.05) is 0 Å². The first kappa shape index (κ1) is 16.3. The van der Waals surface area contributed by atoms with E-state index in [1.54, 1.807) is 24.3 Å². The number of carboxylic acids is 1. The summed E-state index contributed by atoms with van der Waals surface area (Å²) in [5, 5.41) is 9.21. The zero-order chi connectivity index (χ0) is 15.5. The Morgan fingerprint density at radius 3 is 2.62 bits per heavy atom. The zero-order valence-corrected chi connectivity index (χ0v) is 13.5. The third-order valence-corrected chi connectivity index (χ3v) is 6.38. The highest BCUT2D eigenvalue weighted by Crippen LogP contribution is 2.25. The first-order chi connectivity index (χ1) is 9.96. The van der Waals surface area contributed by atoms with Crippen molar-refractivity contribution in [2.24, 2.45) is 0 Å². The number of benzene rings is 1. The van der Waals surface area contributed by atoms with Gasteiger partial charge in [0.15, 0.2) is 0 Å². The molecule has 1 aromatic rings. The summed E-state index contributed by atoms with van der Waals surface area (Å²) in [5.74, 6) is -0.173. The van der Waals surface area contributed by atoms with Crippen LogP contribution in [0.3, 0.4) is 0 Å². The minimum atomic E-state index is -3.75. The van der Waals surface area contributed by atoms with Crippen LogP contribution in [0.5, 0.6) is 0 Å². The fraction of sp³-hybridized carbons (Fsp3) is 0.500. The van der Waals surface area contributed by atoms with Gasteiger partial charge < -0.3 is 5.11 Å². The second kappa shape index (κ2) is 6.81. The van der Waals surface area contributed by atoms with Crippen molar-refractivity contribution in [2.75, 3.05) is 18.1 Å². The van der Waals surface area contributed by atoms with Gasteiger partial charge in [-0.05, 0) is 24.1 Å². The fourth-order valence-corrected chi connectivity index (χ4v) is 5.15. The summed E-state index contributed by atoms with van der Waals surface area (Å²) in [7, 11) is -3.75. The van der Waals surface area contributed by atoms with Gasteiger partial charge in [0.25, 0.3) is 0 Å². The molecule has 1 fully saturated rings.